The van der Waals surface area contributed by atoms with Crippen molar-refractivity contribution >= 4 is 0 Å². The predicted octanol–water partition coefficient (Wildman–Crippen LogP) is 3.68. The van der Waals surface area contributed by atoms with Crippen molar-refractivity contribution in [1.29, 1.82) is 0 Å². The Morgan fingerprint density at radius 3 is 1.88 bits per heavy atom. The van der Waals surface area contributed by atoms with Crippen LogP contribution in [-0.2, 0) is 0 Å². The molecule has 1 nitrogen and oxygen atoms in total. The fourth-order valence-corrected chi connectivity index (χ4v) is 1.57. The van der Waals surface area contributed by atoms with E-state index in [2.05, 4.69) is 0 Å². The van der Waals surface area contributed by atoms with Crippen molar-refractivity contribution < 1.29 is 17.6 Å². The van der Waals surface area contributed by atoms with E-state index < -0.39 is 34.9 Å². The van der Waals surface area contributed by atoms with Gasteiger partial charge in [0.2, 0.25) is 0 Å². The molecule has 0 heterocycles. The number of rotatable bonds is 4. The maximum atomic E-state index is 13.4. The third-order valence-electron chi connectivity index (χ3n) is 2.57. The SMILES string of the molecule is CC(C)CC[C@H](N)c1c(F)c(F)cc(F)c1F. The molecule has 17 heavy (non-hydrogen) atoms. The van der Waals surface area contributed by atoms with Crippen molar-refractivity contribution in [3.05, 3.63) is 34.9 Å². The molecule has 0 radical (unpaired) electrons. The Kier molecular flexibility index (Phi) is 4.51. The average Bonchev–Trinajstić information content (AvgIpc) is 2.24. The number of hydrogen-bond donors (Lipinski definition) is 1. The van der Waals surface area contributed by atoms with Crippen LogP contribution >= 0.6 is 0 Å². The van der Waals surface area contributed by atoms with E-state index in [4.69, 9.17) is 5.73 Å². The quantitative estimate of drug-likeness (QED) is 0.639. The summed E-state index contributed by atoms with van der Waals surface area (Å²) in [5.74, 6) is -5.34. The fourth-order valence-electron chi connectivity index (χ4n) is 1.57. The molecule has 0 aliphatic rings. The van der Waals surface area contributed by atoms with E-state index in [9.17, 15) is 17.6 Å². The summed E-state index contributed by atoms with van der Waals surface area (Å²) in [5, 5.41) is 0. The molecule has 1 atom stereocenters. The van der Waals surface area contributed by atoms with Crippen molar-refractivity contribution in [1.82, 2.24) is 0 Å². The summed E-state index contributed by atoms with van der Waals surface area (Å²) in [6, 6.07) is -0.855. The van der Waals surface area contributed by atoms with E-state index in [1.54, 1.807) is 0 Å². The highest BCUT2D eigenvalue weighted by Crippen LogP contribution is 2.27. The van der Waals surface area contributed by atoms with E-state index in [0.29, 0.717) is 12.3 Å². The monoisotopic (exact) mass is 249 g/mol. The van der Waals surface area contributed by atoms with Gasteiger partial charge in [0, 0.05) is 17.7 Å². The Hall–Kier alpha value is -1.10. The molecule has 2 N–H and O–H groups in total. The lowest BCUT2D eigenvalue weighted by Crippen LogP contribution is -2.17. The summed E-state index contributed by atoms with van der Waals surface area (Å²) < 4.78 is 52.6. The lowest BCUT2D eigenvalue weighted by molar-refractivity contribution is 0.412. The van der Waals surface area contributed by atoms with Gasteiger partial charge in [-0.25, -0.2) is 17.6 Å². The van der Waals surface area contributed by atoms with Gasteiger partial charge in [0.25, 0.3) is 0 Å². The van der Waals surface area contributed by atoms with E-state index in [0.717, 1.165) is 0 Å². The van der Waals surface area contributed by atoms with Crippen molar-refractivity contribution in [3.8, 4) is 0 Å². The van der Waals surface area contributed by atoms with Crippen LogP contribution in [0.15, 0.2) is 6.07 Å². The first kappa shape index (κ1) is 14.0. The first-order chi connectivity index (χ1) is 7.84. The summed E-state index contributed by atoms with van der Waals surface area (Å²) in [4.78, 5) is 0. The molecule has 96 valence electrons. The molecule has 0 unspecified atom stereocenters. The zero-order valence-electron chi connectivity index (χ0n) is 9.74. The summed E-state index contributed by atoms with van der Waals surface area (Å²) in [6.07, 6.45) is 0.895. The second-order valence-corrected chi connectivity index (χ2v) is 4.46. The van der Waals surface area contributed by atoms with Crippen LogP contribution in [0.3, 0.4) is 0 Å². The van der Waals surface area contributed by atoms with Crippen LogP contribution < -0.4 is 5.73 Å². The molecule has 0 spiro atoms. The third kappa shape index (κ3) is 3.19. The average molecular weight is 249 g/mol. The van der Waals surface area contributed by atoms with Crippen LogP contribution in [0.2, 0.25) is 0 Å². The van der Waals surface area contributed by atoms with Crippen LogP contribution in [0.1, 0.15) is 38.3 Å². The molecule has 0 aliphatic carbocycles. The Morgan fingerprint density at radius 1 is 1.00 bits per heavy atom. The predicted molar refractivity (Wildman–Crippen MR) is 57.3 cm³/mol. The largest absolute Gasteiger partial charge is 0.324 e. The van der Waals surface area contributed by atoms with Crippen molar-refractivity contribution in [3.63, 3.8) is 0 Å². The number of benzene rings is 1. The van der Waals surface area contributed by atoms with Gasteiger partial charge in [-0.1, -0.05) is 13.8 Å². The van der Waals surface area contributed by atoms with E-state index in [1.165, 1.54) is 0 Å². The molecule has 0 saturated heterocycles. The minimum atomic E-state index is -1.42. The Morgan fingerprint density at radius 2 is 1.47 bits per heavy atom. The van der Waals surface area contributed by atoms with Crippen molar-refractivity contribution in [2.75, 3.05) is 0 Å². The number of hydrogen-bond acceptors (Lipinski definition) is 1. The summed E-state index contributed by atoms with van der Waals surface area (Å²) >= 11 is 0. The van der Waals surface area contributed by atoms with Crippen LogP contribution in [0.25, 0.3) is 0 Å². The van der Waals surface area contributed by atoms with Gasteiger partial charge in [0.15, 0.2) is 23.3 Å². The number of halogens is 4. The summed E-state index contributed by atoms with van der Waals surface area (Å²) in [7, 11) is 0. The van der Waals surface area contributed by atoms with Crippen molar-refractivity contribution in [2.45, 2.75) is 32.7 Å². The molecular formula is C12H15F4N. The molecule has 1 aromatic carbocycles. The van der Waals surface area contributed by atoms with Gasteiger partial charge in [-0.2, -0.15) is 0 Å². The van der Waals surface area contributed by atoms with Gasteiger partial charge < -0.3 is 5.73 Å². The molecule has 1 aromatic rings. The molecule has 5 heteroatoms. The minimum absolute atomic E-state index is 0.184. The normalized spacial score (nSPS) is 13.2. The van der Waals surface area contributed by atoms with E-state index >= 15 is 0 Å². The zero-order valence-corrected chi connectivity index (χ0v) is 9.74. The molecule has 0 fully saturated rings. The minimum Gasteiger partial charge on any atom is -0.324 e. The molecular weight excluding hydrogens is 234 g/mol. The molecule has 0 aromatic heterocycles. The van der Waals surface area contributed by atoms with Crippen LogP contribution in [0.5, 0.6) is 0 Å². The molecule has 1 rings (SSSR count). The fraction of sp³-hybridized carbons (Fsp3) is 0.500. The standard InChI is InChI=1S/C12H15F4N/c1-6(2)3-4-9(17)10-11(15)7(13)5-8(14)12(10)16/h5-6,9H,3-4,17H2,1-2H3/t9-/m0/s1. The van der Waals surface area contributed by atoms with E-state index in [1.807, 2.05) is 13.8 Å². The molecule has 0 bridgehead atoms. The first-order valence-corrected chi connectivity index (χ1v) is 5.43. The van der Waals surface area contributed by atoms with Gasteiger partial charge in [0.05, 0.1) is 0 Å². The van der Waals surface area contributed by atoms with Gasteiger partial charge in [0.1, 0.15) is 0 Å². The maximum absolute atomic E-state index is 13.4. The second kappa shape index (κ2) is 5.49. The zero-order chi connectivity index (χ0) is 13.2. The lowest BCUT2D eigenvalue weighted by Gasteiger charge is -2.15. The van der Waals surface area contributed by atoms with Gasteiger partial charge in [-0.05, 0) is 18.8 Å². The smallest absolute Gasteiger partial charge is 0.166 e. The van der Waals surface area contributed by atoms with E-state index in [-0.39, 0.29) is 12.5 Å². The highest BCUT2D eigenvalue weighted by atomic mass is 19.2. The Labute approximate surface area is 97.6 Å². The topological polar surface area (TPSA) is 26.0 Å². The van der Waals surface area contributed by atoms with Crippen LogP contribution in [-0.4, -0.2) is 0 Å². The summed E-state index contributed by atoms with van der Waals surface area (Å²) in [5.41, 5.74) is 4.86. The molecule has 0 aliphatic heterocycles. The molecule has 0 saturated carbocycles. The Balaban J connectivity index is 3.03. The van der Waals surface area contributed by atoms with Gasteiger partial charge in [-0.15, -0.1) is 0 Å². The summed E-state index contributed by atoms with van der Waals surface area (Å²) in [6.45, 7) is 3.84. The Bertz CT molecular complexity index is 378. The second-order valence-electron chi connectivity index (χ2n) is 4.46. The molecule has 0 amide bonds. The maximum Gasteiger partial charge on any atom is 0.166 e. The highest BCUT2D eigenvalue weighted by Gasteiger charge is 2.23. The van der Waals surface area contributed by atoms with Gasteiger partial charge >= 0.3 is 0 Å². The van der Waals surface area contributed by atoms with Crippen LogP contribution in [0.4, 0.5) is 17.6 Å². The lowest BCUT2D eigenvalue weighted by atomic mass is 9.97. The van der Waals surface area contributed by atoms with Crippen molar-refractivity contribution in [2.24, 2.45) is 11.7 Å². The van der Waals surface area contributed by atoms with Crippen LogP contribution in [0, 0.1) is 29.2 Å². The van der Waals surface area contributed by atoms with Gasteiger partial charge in [-0.3, -0.25) is 0 Å². The third-order valence-corrected chi connectivity index (χ3v) is 2.57. The first-order valence-electron chi connectivity index (χ1n) is 5.43. The number of nitrogens with two attached hydrogens (primary N) is 1. The highest BCUT2D eigenvalue weighted by molar-refractivity contribution is 5.25.